The van der Waals surface area contributed by atoms with Gasteiger partial charge >= 0.3 is 6.03 Å². The number of ether oxygens (including phenoxy) is 1. The molecular formula is C37H41Cl2N7O3. The van der Waals surface area contributed by atoms with Gasteiger partial charge in [0.1, 0.15) is 11.3 Å². The van der Waals surface area contributed by atoms with Crippen molar-refractivity contribution in [3.63, 3.8) is 0 Å². The van der Waals surface area contributed by atoms with E-state index in [4.69, 9.17) is 32.9 Å². The van der Waals surface area contributed by atoms with Crippen LogP contribution in [0.1, 0.15) is 15.9 Å². The van der Waals surface area contributed by atoms with Crippen LogP contribution in [0.5, 0.6) is 5.75 Å². The lowest BCUT2D eigenvalue weighted by Gasteiger charge is -2.23. The first-order valence-corrected chi connectivity index (χ1v) is 17.0. The second-order valence-electron chi connectivity index (χ2n) is 11.7. The molecule has 5 aromatic rings. The van der Waals surface area contributed by atoms with Gasteiger partial charge in [-0.1, -0.05) is 30.3 Å². The molecule has 10 nitrogen and oxygen atoms in total. The second kappa shape index (κ2) is 16.6. The molecule has 0 aliphatic carbocycles. The molecule has 0 atom stereocenters. The lowest BCUT2D eigenvalue weighted by molar-refractivity contribution is 0.0952. The Kier molecular flexibility index (Phi) is 12.0. The highest BCUT2D eigenvalue weighted by molar-refractivity contribution is 6.19. The highest BCUT2D eigenvalue weighted by atomic mass is 35.5. The maximum atomic E-state index is 13.3. The minimum Gasteiger partial charge on any atom is -0.494 e. The minimum absolute atomic E-state index is 0.203. The highest BCUT2D eigenvalue weighted by Crippen LogP contribution is 2.38. The Morgan fingerprint density at radius 2 is 1.49 bits per heavy atom. The number of likely N-dealkylation sites (N-methyl/N-ethyl adjacent to an activating group) is 1. The second-order valence-corrected chi connectivity index (χ2v) is 12.5. The topological polar surface area (TPSA) is 111 Å². The van der Waals surface area contributed by atoms with Crippen molar-refractivity contribution in [1.29, 1.82) is 0 Å². The molecule has 0 aliphatic heterocycles. The quantitative estimate of drug-likeness (QED) is 0.0695. The number of nitrogens with one attached hydrogen (secondary N) is 4. The van der Waals surface area contributed by atoms with Crippen molar-refractivity contribution < 1.29 is 14.3 Å². The lowest BCUT2D eigenvalue weighted by Crippen LogP contribution is -2.31. The molecule has 4 N–H and O–H groups in total. The molecule has 12 heteroatoms. The number of aromatic nitrogens is 1. The van der Waals surface area contributed by atoms with Crippen LogP contribution in [0, 0.1) is 6.92 Å². The number of para-hydroxylation sites is 2. The van der Waals surface area contributed by atoms with Gasteiger partial charge in [-0.2, -0.15) is 0 Å². The maximum absolute atomic E-state index is 13.3. The molecule has 1 heterocycles. The largest absolute Gasteiger partial charge is 0.494 e. The molecule has 0 unspecified atom stereocenters. The monoisotopic (exact) mass is 701 g/mol. The Labute approximate surface area is 296 Å². The number of anilines is 5. The standard InChI is InChI=1S/C37H41Cl2N7O3/c1-24-11-12-26(23-31(24)43-37(48)42-25-13-15-27(16-14-25)46(20-17-38)21-18-39)41-33-28-7-5-9-30(36(47)40-19-22-45(2)3)34(28)44-35-29(33)8-6-10-32(35)49-4/h5-16,23H,17-22H2,1-4H3,(H,40,47)(H,41,44)(H2,42,43,48). The number of methoxy groups -OCH3 is 1. The normalized spacial score (nSPS) is 11.1. The van der Waals surface area contributed by atoms with Crippen LogP contribution in [0.2, 0.25) is 0 Å². The summed E-state index contributed by atoms with van der Waals surface area (Å²) in [5, 5.41) is 14.1. The van der Waals surface area contributed by atoms with Gasteiger partial charge in [0.25, 0.3) is 5.91 Å². The number of rotatable bonds is 14. The Hall–Kier alpha value is -4.77. The van der Waals surface area contributed by atoms with Gasteiger partial charge in [-0.3, -0.25) is 4.79 Å². The summed E-state index contributed by atoms with van der Waals surface area (Å²) in [5.74, 6) is 1.37. The van der Waals surface area contributed by atoms with Crippen molar-refractivity contribution in [1.82, 2.24) is 15.2 Å². The van der Waals surface area contributed by atoms with Gasteiger partial charge in [0.15, 0.2) is 0 Å². The van der Waals surface area contributed by atoms with Crippen LogP contribution in [0.25, 0.3) is 21.8 Å². The molecule has 49 heavy (non-hydrogen) atoms. The van der Waals surface area contributed by atoms with Crippen molar-refractivity contribution >= 4 is 85.4 Å². The van der Waals surface area contributed by atoms with E-state index in [1.807, 2.05) is 98.7 Å². The summed E-state index contributed by atoms with van der Waals surface area (Å²) >= 11 is 11.9. The maximum Gasteiger partial charge on any atom is 0.323 e. The van der Waals surface area contributed by atoms with Crippen molar-refractivity contribution in [2.75, 3.05) is 80.0 Å². The SMILES string of the molecule is COc1cccc2c(Nc3ccc(C)c(NC(=O)Nc4ccc(N(CCCl)CCCl)cc4)c3)c3cccc(C(=O)NCCN(C)C)c3nc12. The molecule has 0 saturated carbocycles. The summed E-state index contributed by atoms with van der Waals surface area (Å²) in [7, 11) is 5.52. The average Bonchev–Trinajstić information content (AvgIpc) is 3.09. The molecule has 0 aliphatic rings. The summed E-state index contributed by atoms with van der Waals surface area (Å²) in [4.78, 5) is 35.5. The van der Waals surface area contributed by atoms with Crippen LogP contribution < -0.4 is 30.9 Å². The number of hydrogen-bond acceptors (Lipinski definition) is 7. The first kappa shape index (κ1) is 35.5. The summed E-state index contributed by atoms with van der Waals surface area (Å²) in [6, 6.07) is 24.2. The van der Waals surface area contributed by atoms with E-state index in [1.54, 1.807) is 13.2 Å². The van der Waals surface area contributed by atoms with E-state index in [0.29, 0.717) is 71.7 Å². The van der Waals surface area contributed by atoms with Gasteiger partial charge in [0.05, 0.1) is 23.9 Å². The smallest absolute Gasteiger partial charge is 0.323 e. The summed E-state index contributed by atoms with van der Waals surface area (Å²) < 4.78 is 5.68. The average molecular weight is 703 g/mol. The third-order valence-corrected chi connectivity index (χ3v) is 8.40. The molecule has 0 saturated heterocycles. The number of carbonyl (C=O) groups excluding carboxylic acids is 2. The van der Waals surface area contributed by atoms with E-state index in [-0.39, 0.29) is 11.9 Å². The number of urea groups is 1. The summed E-state index contributed by atoms with van der Waals surface area (Å²) in [6.07, 6.45) is 0. The van der Waals surface area contributed by atoms with E-state index < -0.39 is 0 Å². The predicted molar refractivity (Wildman–Crippen MR) is 204 cm³/mol. The van der Waals surface area contributed by atoms with E-state index >= 15 is 0 Å². The van der Waals surface area contributed by atoms with Crippen LogP contribution in [0.15, 0.2) is 78.9 Å². The third kappa shape index (κ3) is 8.64. The number of halogens is 2. The minimum atomic E-state index is -0.374. The fourth-order valence-corrected chi connectivity index (χ4v) is 5.93. The number of pyridine rings is 1. The number of amides is 3. The fourth-order valence-electron chi connectivity index (χ4n) is 5.53. The molecule has 4 aromatic carbocycles. The Bertz CT molecular complexity index is 1930. The van der Waals surface area contributed by atoms with E-state index in [2.05, 4.69) is 26.2 Å². The molecule has 256 valence electrons. The highest BCUT2D eigenvalue weighted by Gasteiger charge is 2.19. The van der Waals surface area contributed by atoms with Gasteiger partial charge in [-0.25, -0.2) is 9.78 Å². The number of hydrogen-bond donors (Lipinski definition) is 4. The van der Waals surface area contributed by atoms with E-state index in [9.17, 15) is 9.59 Å². The van der Waals surface area contributed by atoms with E-state index in [1.165, 1.54) is 0 Å². The Balaban J connectivity index is 1.42. The van der Waals surface area contributed by atoms with Gasteiger partial charge in [-0.05, 0) is 75.1 Å². The fraction of sp³-hybridized carbons (Fsp3) is 0.270. The van der Waals surface area contributed by atoms with Crippen LogP contribution in [-0.4, -0.2) is 81.0 Å². The van der Waals surface area contributed by atoms with Gasteiger partial charge in [0, 0.05) is 71.5 Å². The molecule has 5 rings (SSSR count). The summed E-state index contributed by atoms with van der Waals surface area (Å²) in [6.45, 7) is 4.50. The van der Waals surface area contributed by atoms with Gasteiger partial charge in [-0.15, -0.1) is 23.2 Å². The number of aryl methyl sites for hydroxylation is 1. The van der Waals surface area contributed by atoms with Gasteiger partial charge in [0.2, 0.25) is 0 Å². The van der Waals surface area contributed by atoms with Crippen LogP contribution in [0.3, 0.4) is 0 Å². The van der Waals surface area contributed by atoms with E-state index in [0.717, 1.165) is 33.4 Å². The predicted octanol–water partition coefficient (Wildman–Crippen LogP) is 7.67. The van der Waals surface area contributed by atoms with Crippen molar-refractivity contribution in [3.8, 4) is 5.75 Å². The zero-order chi connectivity index (χ0) is 34.9. The van der Waals surface area contributed by atoms with Crippen molar-refractivity contribution in [3.05, 3.63) is 90.0 Å². The first-order valence-electron chi connectivity index (χ1n) is 16.0. The zero-order valence-corrected chi connectivity index (χ0v) is 29.6. The Morgan fingerprint density at radius 3 is 2.16 bits per heavy atom. The molecular weight excluding hydrogens is 661 g/mol. The number of benzene rings is 4. The Morgan fingerprint density at radius 1 is 0.816 bits per heavy atom. The van der Waals surface area contributed by atoms with Crippen LogP contribution in [0.4, 0.5) is 33.2 Å². The first-order chi connectivity index (χ1) is 23.7. The van der Waals surface area contributed by atoms with Crippen LogP contribution >= 0.6 is 23.2 Å². The number of alkyl halides is 2. The molecule has 0 bridgehead atoms. The number of carbonyl (C=O) groups is 2. The third-order valence-electron chi connectivity index (χ3n) is 8.06. The molecule has 0 fully saturated rings. The summed E-state index contributed by atoms with van der Waals surface area (Å²) in [5.41, 5.74) is 6.29. The van der Waals surface area contributed by atoms with Gasteiger partial charge < -0.3 is 35.8 Å². The van der Waals surface area contributed by atoms with Crippen LogP contribution in [-0.2, 0) is 0 Å². The zero-order valence-electron chi connectivity index (χ0n) is 28.1. The molecule has 0 spiro atoms. The molecule has 1 aromatic heterocycles. The number of fused-ring (bicyclic) bond motifs is 2. The number of nitrogens with zero attached hydrogens (tertiary/aromatic N) is 3. The lowest BCUT2D eigenvalue weighted by atomic mass is 10.0. The molecule has 0 radical (unpaired) electrons. The van der Waals surface area contributed by atoms with Crippen molar-refractivity contribution in [2.24, 2.45) is 0 Å². The van der Waals surface area contributed by atoms with Crippen molar-refractivity contribution in [2.45, 2.75) is 6.92 Å². The molecule has 3 amide bonds.